The second-order valence-corrected chi connectivity index (χ2v) is 6.81. The van der Waals surface area contributed by atoms with E-state index < -0.39 is 5.97 Å². The fraction of sp³-hybridized carbons (Fsp3) is 0.0800. The molecule has 0 atom stereocenters. The Hall–Kier alpha value is -4.37. The van der Waals surface area contributed by atoms with Crippen molar-refractivity contribution in [3.05, 3.63) is 95.1 Å². The van der Waals surface area contributed by atoms with E-state index in [9.17, 15) is 9.90 Å². The zero-order valence-corrected chi connectivity index (χ0v) is 16.8. The number of esters is 1. The van der Waals surface area contributed by atoms with Crippen LogP contribution in [0, 0.1) is 11.3 Å². The van der Waals surface area contributed by atoms with Crippen LogP contribution in [-0.2, 0) is 4.74 Å². The number of ether oxygens (including phenoxy) is 1. The van der Waals surface area contributed by atoms with Gasteiger partial charge < -0.3 is 14.8 Å². The Kier molecular flexibility index (Phi) is 5.50. The van der Waals surface area contributed by atoms with Gasteiger partial charge in [0.2, 0.25) is 0 Å². The summed E-state index contributed by atoms with van der Waals surface area (Å²) in [6.45, 7) is 2.04. The van der Waals surface area contributed by atoms with E-state index in [2.05, 4.69) is 11.1 Å². The molecule has 0 aliphatic heterocycles. The predicted octanol–water partition coefficient (Wildman–Crippen LogP) is 5.09. The van der Waals surface area contributed by atoms with E-state index in [-0.39, 0.29) is 12.5 Å². The number of benzene rings is 3. The topological polar surface area (TPSA) is 98.5 Å². The van der Waals surface area contributed by atoms with Crippen LogP contribution in [0.3, 0.4) is 0 Å². The molecular formula is C25H19N3O3. The van der Waals surface area contributed by atoms with E-state index in [4.69, 9.17) is 15.0 Å². The molecule has 0 radical (unpaired) electrons. The summed E-state index contributed by atoms with van der Waals surface area (Å²) >= 11 is 0. The number of carbonyl (C=O) groups is 1. The molecule has 0 aliphatic carbocycles. The summed E-state index contributed by atoms with van der Waals surface area (Å²) in [6, 6.07) is 23.6. The highest BCUT2D eigenvalue weighted by molar-refractivity contribution is 6.22. The second-order valence-electron chi connectivity index (χ2n) is 6.81. The van der Waals surface area contributed by atoms with Crippen LogP contribution in [0.15, 0.2) is 77.8 Å². The number of rotatable bonds is 5. The zero-order valence-electron chi connectivity index (χ0n) is 16.8. The lowest BCUT2D eigenvalue weighted by molar-refractivity contribution is 0.0526. The van der Waals surface area contributed by atoms with E-state index in [0.29, 0.717) is 33.6 Å². The van der Waals surface area contributed by atoms with Crippen LogP contribution in [0.25, 0.3) is 10.9 Å². The molecule has 152 valence electrons. The van der Waals surface area contributed by atoms with Gasteiger partial charge in [0, 0.05) is 16.5 Å². The highest BCUT2D eigenvalue weighted by Gasteiger charge is 2.20. The molecule has 4 rings (SSSR count). The van der Waals surface area contributed by atoms with Gasteiger partial charge in [-0.1, -0.05) is 36.4 Å². The maximum Gasteiger partial charge on any atom is 0.338 e. The smallest absolute Gasteiger partial charge is 0.338 e. The minimum atomic E-state index is -0.422. The van der Waals surface area contributed by atoms with E-state index >= 15 is 0 Å². The third-order valence-corrected chi connectivity index (χ3v) is 4.81. The lowest BCUT2D eigenvalue weighted by Gasteiger charge is -2.08. The second kappa shape index (κ2) is 8.56. The summed E-state index contributed by atoms with van der Waals surface area (Å²) in [5.41, 5.74) is 4.10. The number of nitriles is 1. The fourth-order valence-electron chi connectivity index (χ4n) is 3.36. The van der Waals surface area contributed by atoms with Crippen LogP contribution in [0.4, 0.5) is 5.69 Å². The highest BCUT2D eigenvalue weighted by atomic mass is 16.5. The molecule has 0 saturated carbocycles. The van der Waals surface area contributed by atoms with Crippen molar-refractivity contribution in [3.8, 4) is 11.9 Å². The molecule has 0 saturated heterocycles. The van der Waals surface area contributed by atoms with Crippen molar-refractivity contribution in [1.29, 1.82) is 5.26 Å². The van der Waals surface area contributed by atoms with E-state index in [1.54, 1.807) is 49.4 Å². The van der Waals surface area contributed by atoms with Gasteiger partial charge in [-0.15, -0.1) is 0 Å². The number of aromatic hydroxyl groups is 1. The molecule has 2 N–H and O–H groups in total. The van der Waals surface area contributed by atoms with Crippen LogP contribution in [0.2, 0.25) is 0 Å². The lowest BCUT2D eigenvalue weighted by Crippen LogP contribution is -2.05. The third kappa shape index (κ3) is 4.02. The maximum absolute atomic E-state index is 12.1. The summed E-state index contributed by atoms with van der Waals surface area (Å²) in [7, 11) is 0. The molecule has 4 aromatic rings. The molecule has 0 bridgehead atoms. The minimum Gasteiger partial charge on any atom is -0.494 e. The number of aromatic amines is 1. The predicted molar refractivity (Wildman–Crippen MR) is 119 cm³/mol. The average molecular weight is 409 g/mol. The van der Waals surface area contributed by atoms with Crippen molar-refractivity contribution in [1.82, 2.24) is 4.98 Å². The van der Waals surface area contributed by atoms with Crippen LogP contribution < -0.4 is 0 Å². The van der Waals surface area contributed by atoms with Crippen molar-refractivity contribution in [2.45, 2.75) is 6.92 Å². The first-order valence-electron chi connectivity index (χ1n) is 9.77. The lowest BCUT2D eigenvalue weighted by atomic mass is 10.00. The summed E-state index contributed by atoms with van der Waals surface area (Å²) in [5.74, 6) is -0.471. The average Bonchev–Trinajstić information content (AvgIpc) is 3.13. The Morgan fingerprint density at radius 3 is 2.48 bits per heavy atom. The maximum atomic E-state index is 12.1. The number of H-pyrrole nitrogens is 1. The van der Waals surface area contributed by atoms with Crippen molar-refractivity contribution in [3.63, 3.8) is 0 Å². The number of nitrogens with one attached hydrogen (secondary N) is 1. The van der Waals surface area contributed by atoms with Crippen LogP contribution in [-0.4, -0.2) is 28.4 Å². The van der Waals surface area contributed by atoms with Gasteiger partial charge in [0.05, 0.1) is 40.8 Å². The van der Waals surface area contributed by atoms with Gasteiger partial charge in [0.1, 0.15) is 0 Å². The zero-order chi connectivity index (χ0) is 21.8. The standard InChI is InChI=1S/C25H19N3O3/c1-2-31-25(30)18-10-13-20-21(14-18)28-24(29)22(20)23(17-6-4-3-5-7-17)27-19-11-8-16(15-26)9-12-19/h3-14,28-29H,2H2,1H3. The van der Waals surface area contributed by atoms with Gasteiger partial charge in [-0.25, -0.2) is 9.79 Å². The Morgan fingerprint density at radius 2 is 1.81 bits per heavy atom. The van der Waals surface area contributed by atoms with Crippen molar-refractivity contribution in [2.24, 2.45) is 4.99 Å². The molecule has 0 unspecified atom stereocenters. The fourth-order valence-corrected chi connectivity index (χ4v) is 3.36. The van der Waals surface area contributed by atoms with Crippen LogP contribution in [0.1, 0.15) is 34.0 Å². The van der Waals surface area contributed by atoms with Gasteiger partial charge in [-0.2, -0.15) is 5.26 Å². The molecule has 0 fully saturated rings. The number of fused-ring (bicyclic) bond motifs is 1. The number of aliphatic imine (C=N–C) groups is 1. The summed E-state index contributed by atoms with van der Waals surface area (Å²) in [4.78, 5) is 19.8. The number of hydrogen-bond acceptors (Lipinski definition) is 5. The van der Waals surface area contributed by atoms with Crippen molar-refractivity contribution >= 4 is 28.3 Å². The molecule has 1 heterocycles. The number of aromatic nitrogens is 1. The van der Waals surface area contributed by atoms with Gasteiger partial charge in [-0.3, -0.25) is 0 Å². The van der Waals surface area contributed by atoms with Crippen LogP contribution in [0.5, 0.6) is 5.88 Å². The van der Waals surface area contributed by atoms with Gasteiger partial charge in [0.25, 0.3) is 0 Å². The van der Waals surface area contributed by atoms with Crippen molar-refractivity contribution < 1.29 is 14.6 Å². The molecule has 3 aromatic carbocycles. The molecular weight excluding hydrogens is 390 g/mol. The SMILES string of the molecule is CCOC(=O)c1ccc2c(C(=Nc3ccc(C#N)cc3)c3ccccc3)c(O)[nH]c2c1. The molecule has 0 amide bonds. The Labute approximate surface area is 179 Å². The number of nitrogens with zero attached hydrogens (tertiary/aromatic N) is 2. The molecule has 6 nitrogen and oxygen atoms in total. The molecule has 0 spiro atoms. The summed E-state index contributed by atoms with van der Waals surface area (Å²) in [6.07, 6.45) is 0. The van der Waals surface area contributed by atoms with Gasteiger partial charge in [0.15, 0.2) is 5.88 Å². The third-order valence-electron chi connectivity index (χ3n) is 4.81. The van der Waals surface area contributed by atoms with E-state index in [1.807, 2.05) is 30.3 Å². The molecule has 6 heteroatoms. The number of hydrogen-bond donors (Lipinski definition) is 2. The van der Waals surface area contributed by atoms with Gasteiger partial charge >= 0.3 is 5.97 Å². The Morgan fingerprint density at radius 1 is 1.06 bits per heavy atom. The van der Waals surface area contributed by atoms with Crippen LogP contribution >= 0.6 is 0 Å². The molecule has 0 aliphatic rings. The quantitative estimate of drug-likeness (QED) is 0.354. The largest absolute Gasteiger partial charge is 0.494 e. The van der Waals surface area contributed by atoms with Crippen molar-refractivity contribution in [2.75, 3.05) is 6.61 Å². The minimum absolute atomic E-state index is 0.0488. The number of carbonyl (C=O) groups excluding carboxylic acids is 1. The summed E-state index contributed by atoms with van der Waals surface area (Å²) in [5, 5.41) is 20.5. The Balaban J connectivity index is 1.89. The highest BCUT2D eigenvalue weighted by Crippen LogP contribution is 2.32. The van der Waals surface area contributed by atoms with Gasteiger partial charge in [-0.05, 0) is 43.3 Å². The molecule has 1 aromatic heterocycles. The first-order chi connectivity index (χ1) is 15.1. The first kappa shape index (κ1) is 19.9. The first-order valence-corrected chi connectivity index (χ1v) is 9.77. The van der Waals surface area contributed by atoms with E-state index in [0.717, 1.165) is 10.9 Å². The Bertz CT molecular complexity index is 1310. The summed E-state index contributed by atoms with van der Waals surface area (Å²) < 4.78 is 5.07. The monoisotopic (exact) mass is 409 g/mol. The molecule has 31 heavy (non-hydrogen) atoms. The van der Waals surface area contributed by atoms with E-state index in [1.165, 1.54) is 0 Å². The normalized spacial score (nSPS) is 11.3.